The van der Waals surface area contributed by atoms with Crippen LogP contribution in [0.1, 0.15) is 36.6 Å². The number of benzene rings is 4. The van der Waals surface area contributed by atoms with Crippen LogP contribution in [-0.4, -0.2) is 17.1 Å². The number of thiazole rings is 1. The molecule has 1 aliphatic rings. The standard InChI is InChI=1S/C36H28ClI2N3O4S/c1-3-45-27-15-11-24(12-16-27)32-31(34(43)41-26-7-5-4-6-8-26)21(2)40-36-42(32)35(44)30(47-36)19-23-17-28(38)33(29(39)18-23)46-20-22-9-13-25(37)14-10-22/h4-19,32H,3,20H2,1-2H3,(H,41,43)/b30-19-/t32-/m0/s1. The van der Waals surface area contributed by atoms with Crippen LogP contribution in [0.3, 0.4) is 0 Å². The molecule has 0 saturated carbocycles. The number of nitrogens with one attached hydrogen (secondary N) is 1. The summed E-state index contributed by atoms with van der Waals surface area (Å²) in [6.45, 7) is 4.68. The highest BCUT2D eigenvalue weighted by atomic mass is 127. The molecule has 11 heteroatoms. The van der Waals surface area contributed by atoms with Gasteiger partial charge >= 0.3 is 0 Å². The summed E-state index contributed by atoms with van der Waals surface area (Å²) in [6.07, 6.45) is 1.87. The molecule has 0 fully saturated rings. The van der Waals surface area contributed by atoms with Gasteiger partial charge in [-0.15, -0.1) is 0 Å². The summed E-state index contributed by atoms with van der Waals surface area (Å²) in [4.78, 5) is 33.3. The summed E-state index contributed by atoms with van der Waals surface area (Å²) in [7, 11) is 0. The smallest absolute Gasteiger partial charge is 0.271 e. The Balaban J connectivity index is 1.38. The van der Waals surface area contributed by atoms with E-state index in [1.165, 1.54) is 11.3 Å². The van der Waals surface area contributed by atoms with Crippen molar-refractivity contribution in [2.24, 2.45) is 4.99 Å². The van der Waals surface area contributed by atoms with Gasteiger partial charge in [-0.3, -0.25) is 14.2 Å². The van der Waals surface area contributed by atoms with Crippen molar-refractivity contribution in [1.82, 2.24) is 4.57 Å². The molecular weight excluding hydrogens is 860 g/mol. The van der Waals surface area contributed by atoms with Gasteiger partial charge in [0, 0.05) is 10.7 Å². The van der Waals surface area contributed by atoms with Crippen molar-refractivity contribution in [3.8, 4) is 11.5 Å². The number of rotatable bonds is 9. The Morgan fingerprint density at radius 2 is 1.68 bits per heavy atom. The maximum Gasteiger partial charge on any atom is 0.271 e. The molecule has 238 valence electrons. The first-order valence-electron chi connectivity index (χ1n) is 14.7. The number of hydrogen-bond acceptors (Lipinski definition) is 6. The Morgan fingerprint density at radius 1 is 1.00 bits per heavy atom. The number of hydrogen-bond donors (Lipinski definition) is 1. The van der Waals surface area contributed by atoms with E-state index in [9.17, 15) is 9.59 Å². The maximum absolute atomic E-state index is 14.2. The predicted molar refractivity (Wildman–Crippen MR) is 204 cm³/mol. The molecule has 1 aromatic heterocycles. The van der Waals surface area contributed by atoms with E-state index in [0.717, 1.165) is 29.6 Å². The quantitative estimate of drug-likeness (QED) is 0.154. The molecule has 0 radical (unpaired) electrons. The van der Waals surface area contributed by atoms with Crippen molar-refractivity contribution in [2.75, 3.05) is 11.9 Å². The molecule has 5 aromatic rings. The normalized spacial score (nSPS) is 14.4. The van der Waals surface area contributed by atoms with Gasteiger partial charge in [0.2, 0.25) is 0 Å². The van der Waals surface area contributed by atoms with Crippen molar-refractivity contribution in [3.63, 3.8) is 0 Å². The average Bonchev–Trinajstić information content (AvgIpc) is 3.35. The molecule has 4 aromatic carbocycles. The fourth-order valence-corrected chi connectivity index (χ4v) is 8.55. The van der Waals surface area contributed by atoms with Gasteiger partial charge in [0.1, 0.15) is 18.1 Å². The zero-order valence-corrected chi connectivity index (χ0v) is 31.2. The van der Waals surface area contributed by atoms with E-state index in [1.54, 1.807) is 4.57 Å². The van der Waals surface area contributed by atoms with Gasteiger partial charge in [0.05, 0.1) is 35.6 Å². The Labute approximate surface area is 307 Å². The van der Waals surface area contributed by atoms with Crippen molar-refractivity contribution >= 4 is 85.8 Å². The maximum atomic E-state index is 14.2. The minimum Gasteiger partial charge on any atom is -0.494 e. The minimum atomic E-state index is -0.684. The van der Waals surface area contributed by atoms with Crippen LogP contribution in [0.4, 0.5) is 5.69 Å². The molecule has 1 N–H and O–H groups in total. The second-order valence-corrected chi connectivity index (χ2v) is 14.4. The Morgan fingerprint density at radius 3 is 2.34 bits per heavy atom. The third-order valence-corrected chi connectivity index (χ3v) is 10.3. The topological polar surface area (TPSA) is 81.9 Å². The van der Waals surface area contributed by atoms with Gasteiger partial charge < -0.3 is 14.8 Å². The Hall–Kier alpha value is -3.46. The number of aromatic nitrogens is 1. The number of carbonyl (C=O) groups excluding carboxylic acids is 1. The van der Waals surface area contributed by atoms with Gasteiger partial charge in [-0.2, -0.15) is 0 Å². The van der Waals surface area contributed by atoms with E-state index in [-0.39, 0.29) is 11.5 Å². The van der Waals surface area contributed by atoms with E-state index in [2.05, 4.69) is 50.5 Å². The van der Waals surface area contributed by atoms with Gasteiger partial charge in [-0.25, -0.2) is 4.99 Å². The van der Waals surface area contributed by atoms with E-state index >= 15 is 0 Å². The van der Waals surface area contributed by atoms with Crippen LogP contribution < -0.4 is 29.7 Å². The molecule has 7 nitrogen and oxygen atoms in total. The number of para-hydroxylation sites is 1. The number of amides is 1. The minimum absolute atomic E-state index is 0.224. The third-order valence-electron chi connectivity index (χ3n) is 7.42. The van der Waals surface area contributed by atoms with Gasteiger partial charge in [-0.05, 0) is 130 Å². The van der Waals surface area contributed by atoms with Crippen LogP contribution in [0.15, 0.2) is 112 Å². The van der Waals surface area contributed by atoms with Crippen molar-refractivity contribution in [3.05, 3.63) is 151 Å². The number of ether oxygens (including phenoxy) is 2. The van der Waals surface area contributed by atoms with Gasteiger partial charge in [-0.1, -0.05) is 65.4 Å². The monoisotopic (exact) mass is 887 g/mol. The molecule has 1 aliphatic heterocycles. The summed E-state index contributed by atoms with van der Waals surface area (Å²) < 4.78 is 15.8. The predicted octanol–water partition coefficient (Wildman–Crippen LogP) is 7.71. The molecular formula is C36H28ClI2N3O4S. The lowest BCUT2D eigenvalue weighted by Gasteiger charge is -2.25. The van der Waals surface area contributed by atoms with E-state index in [4.69, 9.17) is 26.1 Å². The van der Waals surface area contributed by atoms with Gasteiger partial charge in [0.25, 0.3) is 11.5 Å². The summed E-state index contributed by atoms with van der Waals surface area (Å²) in [6, 6.07) is 27.6. The van der Waals surface area contributed by atoms with Crippen molar-refractivity contribution < 1.29 is 14.3 Å². The summed E-state index contributed by atoms with van der Waals surface area (Å²) in [5.74, 6) is 1.17. The SMILES string of the molecule is CCOc1ccc([C@H]2C(C(=O)Nc3ccccc3)=C(C)N=c3s/c(=C\c4cc(I)c(OCc5ccc(Cl)cc5)c(I)c4)c(=O)n32)cc1. The highest BCUT2D eigenvalue weighted by Crippen LogP contribution is 2.33. The van der Waals surface area contributed by atoms with E-state index in [0.29, 0.717) is 50.3 Å². The summed E-state index contributed by atoms with van der Waals surface area (Å²) >= 11 is 11.8. The zero-order chi connectivity index (χ0) is 33.1. The summed E-state index contributed by atoms with van der Waals surface area (Å²) in [5.41, 5.74) is 4.04. The lowest BCUT2D eigenvalue weighted by atomic mass is 9.95. The molecule has 0 bridgehead atoms. The number of anilines is 1. The first-order chi connectivity index (χ1) is 22.7. The second-order valence-electron chi connectivity index (χ2n) is 10.6. The zero-order valence-electron chi connectivity index (χ0n) is 25.3. The average molecular weight is 888 g/mol. The fraction of sp³-hybridized carbons (Fsp3) is 0.139. The van der Waals surface area contributed by atoms with E-state index < -0.39 is 6.04 Å². The number of carbonyl (C=O) groups is 1. The number of allylic oxidation sites excluding steroid dienone is 1. The van der Waals surface area contributed by atoms with Crippen LogP contribution >= 0.6 is 68.1 Å². The number of halogens is 3. The Bertz CT molecular complexity index is 2140. The van der Waals surface area contributed by atoms with Gasteiger partial charge in [0.15, 0.2) is 4.80 Å². The lowest BCUT2D eigenvalue weighted by molar-refractivity contribution is -0.113. The van der Waals surface area contributed by atoms with E-state index in [1.807, 2.05) is 111 Å². The molecule has 0 aliphatic carbocycles. The van der Waals surface area contributed by atoms with Crippen LogP contribution in [0.5, 0.6) is 11.5 Å². The lowest BCUT2D eigenvalue weighted by Crippen LogP contribution is -2.40. The molecule has 6 rings (SSSR count). The molecule has 1 atom stereocenters. The van der Waals surface area contributed by atoms with Crippen LogP contribution in [-0.2, 0) is 11.4 Å². The number of nitrogens with zero attached hydrogens (tertiary/aromatic N) is 2. The highest BCUT2D eigenvalue weighted by molar-refractivity contribution is 14.1. The Kier molecular flexibility index (Phi) is 10.5. The summed E-state index contributed by atoms with van der Waals surface area (Å²) in [5, 5.41) is 3.67. The van der Waals surface area contributed by atoms with Crippen LogP contribution in [0, 0.1) is 7.14 Å². The second kappa shape index (κ2) is 14.8. The molecule has 47 heavy (non-hydrogen) atoms. The third kappa shape index (κ3) is 7.50. The molecule has 0 saturated heterocycles. The molecule has 2 heterocycles. The highest BCUT2D eigenvalue weighted by Gasteiger charge is 2.32. The molecule has 0 spiro atoms. The first kappa shape index (κ1) is 33.4. The van der Waals surface area contributed by atoms with Crippen molar-refractivity contribution in [2.45, 2.75) is 26.5 Å². The van der Waals surface area contributed by atoms with Crippen LogP contribution in [0.2, 0.25) is 5.02 Å². The molecule has 1 amide bonds. The van der Waals surface area contributed by atoms with Crippen molar-refractivity contribution in [1.29, 1.82) is 0 Å². The fourth-order valence-electron chi connectivity index (χ4n) is 5.25. The van der Waals surface area contributed by atoms with Crippen LogP contribution in [0.25, 0.3) is 6.08 Å². The first-order valence-corrected chi connectivity index (χ1v) is 18.0. The molecule has 0 unspecified atom stereocenters. The number of fused-ring (bicyclic) bond motifs is 1. The largest absolute Gasteiger partial charge is 0.494 e.